The number of nitrogens with zero attached hydrogens (tertiary/aromatic N) is 1. The van der Waals surface area contributed by atoms with Crippen LogP contribution in [0.3, 0.4) is 0 Å². The molecule has 2 rings (SSSR count). The molecule has 2 N–H and O–H groups in total. The number of thiophene rings is 1. The summed E-state index contributed by atoms with van der Waals surface area (Å²) in [4.78, 5) is 13.4. The van der Waals surface area contributed by atoms with E-state index in [-0.39, 0.29) is 11.9 Å². The summed E-state index contributed by atoms with van der Waals surface area (Å²) in [7, 11) is 0. The lowest BCUT2D eigenvalue weighted by atomic mass is 10.1. The molecule has 0 bridgehead atoms. The predicted octanol–water partition coefficient (Wildman–Crippen LogP) is 1.20. The average molecular weight is 196 g/mol. The molecule has 2 heterocycles. The first-order valence-electron chi connectivity index (χ1n) is 4.38. The first-order valence-corrected chi connectivity index (χ1v) is 5.32. The maximum absolute atomic E-state index is 11.6. The van der Waals surface area contributed by atoms with Gasteiger partial charge in [-0.25, -0.2) is 0 Å². The van der Waals surface area contributed by atoms with E-state index in [2.05, 4.69) is 0 Å². The molecule has 13 heavy (non-hydrogen) atoms. The van der Waals surface area contributed by atoms with Crippen molar-refractivity contribution in [1.29, 1.82) is 0 Å². The Labute approximate surface area is 81.2 Å². The van der Waals surface area contributed by atoms with Gasteiger partial charge in [-0.2, -0.15) is 11.3 Å². The number of carbonyl (C=O) groups is 1. The number of rotatable bonds is 1. The van der Waals surface area contributed by atoms with Crippen LogP contribution in [-0.2, 0) is 4.79 Å². The zero-order chi connectivity index (χ0) is 9.26. The summed E-state index contributed by atoms with van der Waals surface area (Å²) in [5.74, 6) is 0.0599. The van der Waals surface area contributed by atoms with Gasteiger partial charge in [-0.3, -0.25) is 4.79 Å². The van der Waals surface area contributed by atoms with Crippen LogP contribution in [0.5, 0.6) is 0 Å². The fraction of sp³-hybridized carbons (Fsp3) is 0.444. The number of hydrogen-bond acceptors (Lipinski definition) is 3. The van der Waals surface area contributed by atoms with E-state index in [4.69, 9.17) is 5.73 Å². The summed E-state index contributed by atoms with van der Waals surface area (Å²) in [6.45, 7) is 0.809. The van der Waals surface area contributed by atoms with Gasteiger partial charge in [0.1, 0.15) is 0 Å². The quantitative estimate of drug-likeness (QED) is 0.733. The lowest BCUT2D eigenvalue weighted by molar-refractivity contribution is -0.120. The Bertz CT molecular complexity index is 297. The van der Waals surface area contributed by atoms with Crippen molar-refractivity contribution >= 4 is 22.9 Å². The molecule has 1 fully saturated rings. The molecule has 1 atom stereocenters. The molecule has 0 spiro atoms. The van der Waals surface area contributed by atoms with Gasteiger partial charge in [0.05, 0.1) is 11.7 Å². The molecular formula is C9H12N2OS. The van der Waals surface area contributed by atoms with Gasteiger partial charge in [0.25, 0.3) is 0 Å². The van der Waals surface area contributed by atoms with E-state index in [0.29, 0.717) is 0 Å². The summed E-state index contributed by atoms with van der Waals surface area (Å²) in [6, 6.07) is 1.66. The maximum Gasteiger partial charge on any atom is 0.243 e. The Hall–Kier alpha value is -0.870. The molecule has 0 aromatic carbocycles. The number of hydrogen-bond donors (Lipinski definition) is 1. The molecule has 0 aliphatic carbocycles. The molecule has 1 aliphatic heterocycles. The van der Waals surface area contributed by atoms with Gasteiger partial charge in [-0.05, 0) is 24.3 Å². The summed E-state index contributed by atoms with van der Waals surface area (Å²) in [5, 5.41) is 3.96. The van der Waals surface area contributed by atoms with Crippen molar-refractivity contribution in [3.8, 4) is 0 Å². The molecule has 1 aliphatic rings. The Morgan fingerprint density at radius 1 is 1.62 bits per heavy atom. The molecule has 3 nitrogen and oxygen atoms in total. The van der Waals surface area contributed by atoms with Gasteiger partial charge < -0.3 is 10.6 Å². The van der Waals surface area contributed by atoms with Crippen LogP contribution in [0.4, 0.5) is 5.69 Å². The van der Waals surface area contributed by atoms with Crippen LogP contribution in [0.15, 0.2) is 16.8 Å². The second kappa shape index (κ2) is 3.47. The molecule has 1 amide bonds. The van der Waals surface area contributed by atoms with Crippen LogP contribution in [0.25, 0.3) is 0 Å². The monoisotopic (exact) mass is 196 g/mol. The van der Waals surface area contributed by atoms with Crippen LogP contribution in [0.1, 0.15) is 12.8 Å². The molecular weight excluding hydrogens is 184 g/mol. The molecule has 0 saturated carbocycles. The first-order chi connectivity index (χ1) is 6.29. The predicted molar refractivity (Wildman–Crippen MR) is 53.9 cm³/mol. The van der Waals surface area contributed by atoms with Crippen LogP contribution < -0.4 is 10.6 Å². The van der Waals surface area contributed by atoms with E-state index < -0.39 is 0 Å². The minimum Gasteiger partial charge on any atom is -0.320 e. The Balaban J connectivity index is 2.19. The number of amides is 1. The summed E-state index contributed by atoms with van der Waals surface area (Å²) >= 11 is 1.60. The molecule has 1 aromatic heterocycles. The first kappa shape index (κ1) is 8.72. The van der Waals surface area contributed by atoms with Crippen LogP contribution >= 0.6 is 11.3 Å². The normalized spacial score (nSPS) is 23.6. The van der Waals surface area contributed by atoms with Crippen molar-refractivity contribution < 1.29 is 4.79 Å². The highest BCUT2D eigenvalue weighted by Crippen LogP contribution is 2.22. The number of carbonyl (C=O) groups excluding carboxylic acids is 1. The summed E-state index contributed by atoms with van der Waals surface area (Å²) in [5.41, 5.74) is 6.68. The van der Waals surface area contributed by atoms with E-state index in [1.54, 1.807) is 16.2 Å². The molecule has 1 unspecified atom stereocenters. The smallest absolute Gasteiger partial charge is 0.243 e. The number of nitrogens with two attached hydrogens (primary N) is 1. The minimum atomic E-state index is -0.298. The van der Waals surface area contributed by atoms with Gasteiger partial charge in [-0.1, -0.05) is 0 Å². The number of anilines is 1. The molecule has 4 heteroatoms. The van der Waals surface area contributed by atoms with Crippen molar-refractivity contribution in [1.82, 2.24) is 0 Å². The third kappa shape index (κ3) is 1.59. The van der Waals surface area contributed by atoms with E-state index >= 15 is 0 Å². The van der Waals surface area contributed by atoms with Gasteiger partial charge in [0.2, 0.25) is 5.91 Å². The second-order valence-corrected chi connectivity index (χ2v) is 4.00. The van der Waals surface area contributed by atoms with Crippen LogP contribution in [0, 0.1) is 0 Å². The van der Waals surface area contributed by atoms with Crippen molar-refractivity contribution in [3.63, 3.8) is 0 Å². The number of piperidine rings is 1. The second-order valence-electron chi connectivity index (χ2n) is 3.22. The summed E-state index contributed by atoms with van der Waals surface area (Å²) in [6.07, 6.45) is 1.82. The third-order valence-corrected chi connectivity index (χ3v) is 2.97. The van der Waals surface area contributed by atoms with Crippen LogP contribution in [0.2, 0.25) is 0 Å². The van der Waals surface area contributed by atoms with Gasteiger partial charge >= 0.3 is 0 Å². The van der Waals surface area contributed by atoms with Crippen molar-refractivity contribution in [3.05, 3.63) is 16.8 Å². The largest absolute Gasteiger partial charge is 0.320 e. The summed E-state index contributed by atoms with van der Waals surface area (Å²) < 4.78 is 0. The minimum absolute atomic E-state index is 0.0599. The maximum atomic E-state index is 11.6. The zero-order valence-electron chi connectivity index (χ0n) is 7.27. The third-order valence-electron chi connectivity index (χ3n) is 2.30. The van der Waals surface area contributed by atoms with Crippen molar-refractivity contribution in [2.24, 2.45) is 5.73 Å². The highest BCUT2D eigenvalue weighted by molar-refractivity contribution is 7.08. The Morgan fingerprint density at radius 3 is 3.15 bits per heavy atom. The average Bonchev–Trinajstić information content (AvgIpc) is 2.62. The van der Waals surface area contributed by atoms with E-state index in [0.717, 1.165) is 25.1 Å². The van der Waals surface area contributed by atoms with Crippen molar-refractivity contribution in [2.75, 3.05) is 11.4 Å². The lowest BCUT2D eigenvalue weighted by Crippen LogP contribution is -2.48. The SMILES string of the molecule is NC1CCCN(c2ccsc2)C1=O. The Kier molecular flexibility index (Phi) is 2.33. The topological polar surface area (TPSA) is 46.3 Å². The fourth-order valence-electron chi connectivity index (χ4n) is 1.57. The van der Waals surface area contributed by atoms with Gasteiger partial charge in [-0.15, -0.1) is 0 Å². The van der Waals surface area contributed by atoms with E-state index in [1.807, 2.05) is 16.8 Å². The Morgan fingerprint density at radius 2 is 2.46 bits per heavy atom. The fourth-order valence-corrected chi connectivity index (χ4v) is 2.21. The van der Waals surface area contributed by atoms with E-state index in [1.165, 1.54) is 0 Å². The molecule has 1 aromatic rings. The molecule has 0 radical (unpaired) electrons. The van der Waals surface area contributed by atoms with Gasteiger partial charge in [0.15, 0.2) is 0 Å². The highest BCUT2D eigenvalue weighted by atomic mass is 32.1. The van der Waals surface area contributed by atoms with Crippen molar-refractivity contribution in [2.45, 2.75) is 18.9 Å². The standard InChI is InChI=1S/C9H12N2OS/c10-8-2-1-4-11(9(8)12)7-3-5-13-6-7/h3,5-6,8H,1-2,4,10H2. The zero-order valence-corrected chi connectivity index (χ0v) is 8.09. The van der Waals surface area contributed by atoms with Gasteiger partial charge in [0, 0.05) is 11.9 Å². The molecule has 70 valence electrons. The van der Waals surface area contributed by atoms with Crippen LogP contribution in [-0.4, -0.2) is 18.5 Å². The highest BCUT2D eigenvalue weighted by Gasteiger charge is 2.26. The van der Waals surface area contributed by atoms with E-state index in [9.17, 15) is 4.79 Å². The molecule has 1 saturated heterocycles. The lowest BCUT2D eigenvalue weighted by Gasteiger charge is -2.29.